The van der Waals surface area contributed by atoms with Crippen molar-refractivity contribution in [3.8, 4) is 0 Å². The molecule has 26 heavy (non-hydrogen) atoms. The maximum Gasteiger partial charge on any atom is 0.264 e. The number of anilines is 1. The van der Waals surface area contributed by atoms with Gasteiger partial charge in [0.05, 0.1) is 28.3 Å². The molecule has 9 heteroatoms. The van der Waals surface area contributed by atoms with Gasteiger partial charge in [-0.1, -0.05) is 0 Å². The van der Waals surface area contributed by atoms with Gasteiger partial charge >= 0.3 is 0 Å². The average Bonchev–Trinajstić information content (AvgIpc) is 3.28. The number of amides is 1. The molecule has 0 aromatic carbocycles. The average molecular weight is 396 g/mol. The van der Waals surface area contributed by atoms with Gasteiger partial charge in [0.25, 0.3) is 5.91 Å². The molecule has 2 saturated heterocycles. The van der Waals surface area contributed by atoms with Crippen LogP contribution in [0.15, 0.2) is 6.07 Å². The lowest BCUT2D eigenvalue weighted by atomic mass is 10.2. The number of rotatable bonds is 3. The van der Waals surface area contributed by atoms with Crippen LogP contribution >= 0.6 is 22.9 Å². The summed E-state index contributed by atoms with van der Waals surface area (Å²) in [6.45, 7) is 4.42. The number of morpholine rings is 1. The number of fused-ring (bicyclic) bond motifs is 1. The molecule has 2 aromatic rings. The van der Waals surface area contributed by atoms with Crippen molar-refractivity contribution in [3.63, 3.8) is 0 Å². The summed E-state index contributed by atoms with van der Waals surface area (Å²) in [6.07, 6.45) is 1.01. The van der Waals surface area contributed by atoms with Gasteiger partial charge in [-0.05, 0) is 38.2 Å². The van der Waals surface area contributed by atoms with E-state index in [1.54, 1.807) is 0 Å². The van der Waals surface area contributed by atoms with Gasteiger partial charge in [-0.2, -0.15) is 4.98 Å². The molecule has 0 radical (unpaired) electrons. The number of aromatic nitrogens is 2. The molecule has 2 aliphatic rings. The molecule has 1 atom stereocenters. The lowest BCUT2D eigenvalue weighted by Gasteiger charge is -2.28. The van der Waals surface area contributed by atoms with Crippen LogP contribution in [0.1, 0.15) is 16.1 Å². The highest BCUT2D eigenvalue weighted by atomic mass is 35.5. The Hall–Kier alpha value is -1.48. The van der Waals surface area contributed by atoms with Crippen molar-refractivity contribution in [2.24, 2.45) is 0 Å². The van der Waals surface area contributed by atoms with Gasteiger partial charge < -0.3 is 19.4 Å². The standard InChI is InChI=1S/C17H22ClN5O2S/c1-21(2)11-3-4-23(10-11)16(24)13-9-12-14(26-13)15(20-17(18)19-12)22-5-7-25-8-6-22/h9,11H,3-8,10H2,1-2H3/t11-/m1/s1. The molecule has 4 heterocycles. The zero-order valence-corrected chi connectivity index (χ0v) is 16.5. The summed E-state index contributed by atoms with van der Waals surface area (Å²) in [7, 11) is 4.12. The van der Waals surface area contributed by atoms with E-state index in [2.05, 4.69) is 33.9 Å². The van der Waals surface area contributed by atoms with Crippen molar-refractivity contribution < 1.29 is 9.53 Å². The van der Waals surface area contributed by atoms with E-state index in [1.807, 2.05) is 11.0 Å². The molecule has 0 unspecified atom stereocenters. The first-order valence-corrected chi connectivity index (χ1v) is 9.98. The Morgan fingerprint density at radius 3 is 2.77 bits per heavy atom. The summed E-state index contributed by atoms with van der Waals surface area (Å²) in [4.78, 5) is 28.7. The number of likely N-dealkylation sites (tertiary alicyclic amines) is 1. The third kappa shape index (κ3) is 3.38. The molecule has 0 N–H and O–H groups in total. The van der Waals surface area contributed by atoms with Crippen LogP contribution in [0.5, 0.6) is 0 Å². The fourth-order valence-electron chi connectivity index (χ4n) is 3.49. The predicted molar refractivity (Wildman–Crippen MR) is 103 cm³/mol. The molecule has 0 saturated carbocycles. The Balaban J connectivity index is 1.64. The third-order valence-electron chi connectivity index (χ3n) is 5.03. The summed E-state index contributed by atoms with van der Waals surface area (Å²) in [5.41, 5.74) is 0.739. The van der Waals surface area contributed by atoms with E-state index in [-0.39, 0.29) is 11.2 Å². The number of thiophene rings is 1. The monoisotopic (exact) mass is 395 g/mol. The fourth-order valence-corrected chi connectivity index (χ4v) is 4.74. The Morgan fingerprint density at radius 1 is 1.31 bits per heavy atom. The molecule has 0 bridgehead atoms. The van der Waals surface area contributed by atoms with Crippen molar-refractivity contribution in [1.82, 2.24) is 19.8 Å². The van der Waals surface area contributed by atoms with Crippen LogP contribution in [0.3, 0.4) is 0 Å². The van der Waals surface area contributed by atoms with Gasteiger partial charge in [0.15, 0.2) is 5.82 Å². The Kier molecular flexibility index (Phi) is 5.00. The molecule has 0 spiro atoms. The quantitative estimate of drug-likeness (QED) is 0.740. The molecular weight excluding hydrogens is 374 g/mol. The SMILES string of the molecule is CN(C)[C@@H]1CCN(C(=O)c2cc3nc(Cl)nc(N4CCOCC4)c3s2)C1. The molecule has 1 amide bonds. The third-order valence-corrected chi connectivity index (χ3v) is 6.31. The second-order valence-electron chi connectivity index (χ2n) is 6.90. The summed E-state index contributed by atoms with van der Waals surface area (Å²) >= 11 is 7.60. The normalized spacial score (nSPS) is 21.2. The molecule has 7 nitrogen and oxygen atoms in total. The summed E-state index contributed by atoms with van der Waals surface area (Å²) in [5, 5.41) is 0.213. The topological polar surface area (TPSA) is 61.8 Å². The highest BCUT2D eigenvalue weighted by Gasteiger charge is 2.29. The summed E-state index contributed by atoms with van der Waals surface area (Å²) in [5.74, 6) is 0.876. The minimum atomic E-state index is 0.0707. The van der Waals surface area contributed by atoms with E-state index in [1.165, 1.54) is 11.3 Å². The van der Waals surface area contributed by atoms with Crippen molar-refractivity contribution in [3.05, 3.63) is 16.2 Å². The van der Waals surface area contributed by atoms with Gasteiger partial charge in [-0.15, -0.1) is 11.3 Å². The number of hydrogen-bond acceptors (Lipinski definition) is 7. The van der Waals surface area contributed by atoms with Gasteiger partial charge in [0.2, 0.25) is 5.28 Å². The highest BCUT2D eigenvalue weighted by molar-refractivity contribution is 7.21. The van der Waals surface area contributed by atoms with Crippen LogP contribution in [0.25, 0.3) is 10.2 Å². The molecular formula is C17H22ClN5O2S. The maximum atomic E-state index is 13.0. The number of halogens is 1. The van der Waals surface area contributed by atoms with Crippen LogP contribution in [0.4, 0.5) is 5.82 Å². The lowest BCUT2D eigenvalue weighted by Crippen LogP contribution is -2.36. The second kappa shape index (κ2) is 7.26. The summed E-state index contributed by atoms with van der Waals surface area (Å²) < 4.78 is 6.34. The number of nitrogens with zero attached hydrogens (tertiary/aromatic N) is 5. The first kappa shape index (κ1) is 17.9. The van der Waals surface area contributed by atoms with Crippen LogP contribution in [0.2, 0.25) is 5.28 Å². The van der Waals surface area contributed by atoms with E-state index in [9.17, 15) is 4.79 Å². The largest absolute Gasteiger partial charge is 0.378 e. The van der Waals surface area contributed by atoms with Gasteiger partial charge in [0, 0.05) is 32.2 Å². The second-order valence-corrected chi connectivity index (χ2v) is 8.29. The van der Waals surface area contributed by atoms with Crippen LogP contribution in [0, 0.1) is 0 Å². The van der Waals surface area contributed by atoms with Crippen LogP contribution in [-0.4, -0.2) is 85.2 Å². The predicted octanol–water partition coefficient (Wildman–Crippen LogP) is 1.96. The fraction of sp³-hybridized carbons (Fsp3) is 0.588. The molecule has 0 aliphatic carbocycles. The van der Waals surface area contributed by atoms with Crippen molar-refractivity contribution in [2.45, 2.75) is 12.5 Å². The van der Waals surface area contributed by atoms with Gasteiger partial charge in [0.1, 0.15) is 0 Å². The number of carbonyl (C=O) groups excluding carboxylic acids is 1. The lowest BCUT2D eigenvalue weighted by molar-refractivity contribution is 0.0788. The minimum absolute atomic E-state index is 0.0707. The zero-order valence-electron chi connectivity index (χ0n) is 14.9. The van der Waals surface area contributed by atoms with E-state index in [0.717, 1.165) is 48.6 Å². The molecule has 4 rings (SSSR count). The minimum Gasteiger partial charge on any atom is -0.378 e. The molecule has 140 valence electrons. The molecule has 2 aliphatic heterocycles. The smallest absolute Gasteiger partial charge is 0.264 e. The van der Waals surface area contributed by atoms with Crippen molar-refractivity contribution in [2.75, 3.05) is 58.4 Å². The Morgan fingerprint density at radius 2 is 2.08 bits per heavy atom. The van der Waals surface area contributed by atoms with E-state index in [4.69, 9.17) is 16.3 Å². The number of carbonyl (C=O) groups is 1. The first-order valence-electron chi connectivity index (χ1n) is 8.78. The van der Waals surface area contributed by atoms with Gasteiger partial charge in [-0.3, -0.25) is 4.79 Å². The first-order chi connectivity index (χ1) is 12.5. The van der Waals surface area contributed by atoms with Crippen LogP contribution in [-0.2, 0) is 4.74 Å². The highest BCUT2D eigenvalue weighted by Crippen LogP contribution is 2.34. The van der Waals surface area contributed by atoms with E-state index in [0.29, 0.717) is 24.1 Å². The molecule has 2 aromatic heterocycles. The van der Waals surface area contributed by atoms with E-state index < -0.39 is 0 Å². The number of ether oxygens (including phenoxy) is 1. The van der Waals surface area contributed by atoms with E-state index >= 15 is 0 Å². The van der Waals surface area contributed by atoms with Crippen molar-refractivity contribution >= 4 is 44.9 Å². The Bertz CT molecular complexity index is 821. The van der Waals surface area contributed by atoms with Crippen LogP contribution < -0.4 is 4.90 Å². The number of hydrogen-bond donors (Lipinski definition) is 0. The maximum absolute atomic E-state index is 13.0. The Labute approximate surface area is 161 Å². The van der Waals surface area contributed by atoms with Crippen molar-refractivity contribution in [1.29, 1.82) is 0 Å². The zero-order chi connectivity index (χ0) is 18.3. The van der Waals surface area contributed by atoms with Gasteiger partial charge in [-0.25, -0.2) is 4.98 Å². The molecule has 2 fully saturated rings. The summed E-state index contributed by atoms with van der Waals surface area (Å²) in [6, 6.07) is 2.27. The number of likely N-dealkylation sites (N-methyl/N-ethyl adjacent to an activating group) is 1.